The molecule has 3 fully saturated rings. The molecule has 1 spiro atoms. The number of rotatable bonds is 4. The predicted octanol–water partition coefficient (Wildman–Crippen LogP) is 3.11. The van der Waals surface area contributed by atoms with Gasteiger partial charge in [-0.15, -0.1) is 0 Å². The number of likely N-dealkylation sites (tertiary alicyclic amines) is 1. The molecule has 5 rings (SSSR count). The largest absolute Gasteiger partial charge is 0.497 e. The quantitative estimate of drug-likeness (QED) is 0.815. The molecule has 2 aromatic carbocycles. The normalized spacial score (nSPS) is 29.2. The Bertz CT molecular complexity index is 906. The average molecular weight is 382 g/mol. The van der Waals surface area contributed by atoms with Crippen LogP contribution in [0.3, 0.4) is 0 Å². The number of ether oxygens (including phenoxy) is 2. The van der Waals surface area contributed by atoms with Crippen molar-refractivity contribution in [2.75, 3.05) is 20.3 Å². The van der Waals surface area contributed by atoms with Crippen molar-refractivity contribution in [2.24, 2.45) is 0 Å². The lowest BCUT2D eigenvalue weighted by atomic mass is 10.0. The molecule has 1 amide bonds. The zero-order valence-corrected chi connectivity index (χ0v) is 15.8. The molecule has 0 bridgehead atoms. The molecule has 0 unspecified atom stereocenters. The van der Waals surface area contributed by atoms with E-state index in [1.165, 1.54) is 13.2 Å². The monoisotopic (exact) mass is 382 g/mol. The summed E-state index contributed by atoms with van der Waals surface area (Å²) in [5.41, 5.74) is 1.13. The van der Waals surface area contributed by atoms with E-state index in [9.17, 15) is 9.18 Å². The molecule has 3 aliphatic heterocycles. The van der Waals surface area contributed by atoms with Crippen LogP contribution < -0.4 is 4.74 Å². The molecule has 0 saturated carbocycles. The lowest BCUT2D eigenvalue weighted by molar-refractivity contribution is -0.138. The van der Waals surface area contributed by atoms with Gasteiger partial charge in [0, 0.05) is 37.6 Å². The first-order chi connectivity index (χ1) is 13.6. The van der Waals surface area contributed by atoms with Crippen LogP contribution in [0.2, 0.25) is 0 Å². The van der Waals surface area contributed by atoms with E-state index in [0.717, 1.165) is 18.5 Å². The Balaban J connectivity index is 1.40. The molecule has 3 saturated heterocycles. The van der Waals surface area contributed by atoms with E-state index in [0.29, 0.717) is 30.9 Å². The van der Waals surface area contributed by atoms with Crippen LogP contribution in [0.5, 0.6) is 5.75 Å². The van der Waals surface area contributed by atoms with Gasteiger partial charge in [0.15, 0.2) is 5.72 Å². The molecule has 6 heteroatoms. The van der Waals surface area contributed by atoms with Gasteiger partial charge in [0.25, 0.3) is 0 Å². The Morgan fingerprint density at radius 3 is 2.82 bits per heavy atom. The summed E-state index contributed by atoms with van der Waals surface area (Å²) < 4.78 is 25.8. The molecule has 3 aliphatic rings. The van der Waals surface area contributed by atoms with Gasteiger partial charge in [-0.3, -0.25) is 9.69 Å². The van der Waals surface area contributed by atoms with Crippen LogP contribution in [0.15, 0.2) is 48.5 Å². The van der Waals surface area contributed by atoms with Gasteiger partial charge in [-0.1, -0.05) is 36.4 Å². The lowest BCUT2D eigenvalue weighted by Crippen LogP contribution is -2.48. The van der Waals surface area contributed by atoms with Gasteiger partial charge in [-0.25, -0.2) is 4.39 Å². The average Bonchev–Trinajstić information content (AvgIpc) is 3.34. The molecule has 5 nitrogen and oxygen atoms in total. The Hall–Kier alpha value is -2.44. The van der Waals surface area contributed by atoms with Crippen molar-refractivity contribution in [3.63, 3.8) is 0 Å². The molecular formula is C22H23FN2O3. The first-order valence-corrected chi connectivity index (χ1v) is 9.70. The highest BCUT2D eigenvalue weighted by Crippen LogP contribution is 2.51. The van der Waals surface area contributed by atoms with Gasteiger partial charge >= 0.3 is 0 Å². The molecule has 146 valence electrons. The van der Waals surface area contributed by atoms with E-state index in [4.69, 9.17) is 9.47 Å². The first kappa shape index (κ1) is 17.6. The second kappa shape index (κ2) is 6.57. The maximum Gasteiger partial charge on any atom is 0.227 e. The number of nitrogens with zero attached hydrogens (tertiary/aromatic N) is 2. The summed E-state index contributed by atoms with van der Waals surface area (Å²) in [4.78, 5) is 17.1. The van der Waals surface area contributed by atoms with Crippen molar-refractivity contribution in [1.82, 2.24) is 9.80 Å². The van der Waals surface area contributed by atoms with E-state index in [-0.39, 0.29) is 23.8 Å². The van der Waals surface area contributed by atoms with E-state index < -0.39 is 5.72 Å². The fraction of sp³-hybridized carbons (Fsp3) is 0.409. The maximum absolute atomic E-state index is 14.4. The second-order valence-electron chi connectivity index (χ2n) is 7.74. The highest BCUT2D eigenvalue weighted by Gasteiger charge is 2.64. The van der Waals surface area contributed by atoms with E-state index in [1.807, 2.05) is 35.2 Å². The van der Waals surface area contributed by atoms with Crippen LogP contribution >= 0.6 is 0 Å². The third-order valence-corrected chi connectivity index (χ3v) is 6.38. The number of hydrogen-bond donors (Lipinski definition) is 0. The molecule has 0 radical (unpaired) electrons. The summed E-state index contributed by atoms with van der Waals surface area (Å²) in [6.07, 6.45) is 1.17. The summed E-state index contributed by atoms with van der Waals surface area (Å²) >= 11 is 0. The Labute approximate surface area is 163 Å². The summed E-state index contributed by atoms with van der Waals surface area (Å²) in [7, 11) is 1.53. The summed E-state index contributed by atoms with van der Waals surface area (Å²) in [6.45, 7) is 1.75. The summed E-state index contributed by atoms with van der Waals surface area (Å²) in [5.74, 6) is 0.346. The minimum atomic E-state index is -0.583. The second-order valence-corrected chi connectivity index (χ2v) is 7.74. The van der Waals surface area contributed by atoms with Gasteiger partial charge in [-0.2, -0.15) is 0 Å². The molecule has 0 aromatic heterocycles. The molecule has 0 N–H and O–H groups in total. The van der Waals surface area contributed by atoms with Crippen LogP contribution in [-0.2, 0) is 16.1 Å². The fourth-order valence-corrected chi connectivity index (χ4v) is 5.04. The van der Waals surface area contributed by atoms with Crippen LogP contribution in [-0.4, -0.2) is 47.7 Å². The topological polar surface area (TPSA) is 42.0 Å². The Morgan fingerprint density at radius 1 is 1.25 bits per heavy atom. The van der Waals surface area contributed by atoms with Crippen molar-refractivity contribution in [2.45, 2.75) is 37.2 Å². The molecule has 3 heterocycles. The van der Waals surface area contributed by atoms with Crippen molar-refractivity contribution in [3.8, 4) is 5.75 Å². The molecule has 28 heavy (non-hydrogen) atoms. The molecule has 0 aliphatic carbocycles. The number of carbonyl (C=O) groups is 1. The van der Waals surface area contributed by atoms with Gasteiger partial charge in [-0.05, 0) is 11.6 Å². The van der Waals surface area contributed by atoms with Crippen molar-refractivity contribution < 1.29 is 18.7 Å². The van der Waals surface area contributed by atoms with Crippen molar-refractivity contribution in [3.05, 3.63) is 65.5 Å². The minimum absolute atomic E-state index is 0.0450. The molecule has 2 aromatic rings. The predicted molar refractivity (Wildman–Crippen MR) is 101 cm³/mol. The first-order valence-electron chi connectivity index (χ1n) is 9.70. The number of halogens is 1. The Kier molecular flexibility index (Phi) is 4.14. The summed E-state index contributed by atoms with van der Waals surface area (Å²) in [5, 5.41) is 0. The maximum atomic E-state index is 14.4. The van der Waals surface area contributed by atoms with E-state index in [2.05, 4.69) is 4.90 Å². The van der Waals surface area contributed by atoms with Gasteiger partial charge in [0.05, 0.1) is 25.8 Å². The van der Waals surface area contributed by atoms with Crippen molar-refractivity contribution in [1.29, 1.82) is 0 Å². The van der Waals surface area contributed by atoms with Crippen LogP contribution in [0.25, 0.3) is 0 Å². The van der Waals surface area contributed by atoms with Gasteiger partial charge in [0.1, 0.15) is 11.6 Å². The smallest absolute Gasteiger partial charge is 0.227 e. The van der Waals surface area contributed by atoms with Crippen LogP contribution in [0.1, 0.15) is 30.0 Å². The number of carbonyl (C=O) groups excluding carboxylic acids is 1. The van der Waals surface area contributed by atoms with E-state index in [1.54, 1.807) is 12.1 Å². The lowest BCUT2D eigenvalue weighted by Gasteiger charge is -2.33. The minimum Gasteiger partial charge on any atom is -0.497 e. The number of benzene rings is 2. The highest BCUT2D eigenvalue weighted by molar-refractivity contribution is 5.82. The molecule has 3 atom stereocenters. The SMILES string of the molecule is COc1ccc(CN2CC[C@@]34OC[C@@H](c5ccccc5)N3C(=O)C[C@@H]24)c(F)c1. The highest BCUT2D eigenvalue weighted by atomic mass is 19.1. The zero-order chi connectivity index (χ0) is 19.3. The number of hydrogen-bond acceptors (Lipinski definition) is 4. The third kappa shape index (κ3) is 2.55. The van der Waals surface area contributed by atoms with Crippen molar-refractivity contribution >= 4 is 5.91 Å². The number of amides is 1. The van der Waals surface area contributed by atoms with Gasteiger partial charge in [0.2, 0.25) is 5.91 Å². The van der Waals surface area contributed by atoms with E-state index >= 15 is 0 Å². The number of methoxy groups -OCH3 is 1. The summed E-state index contributed by atoms with van der Waals surface area (Å²) in [6, 6.07) is 14.9. The molecular weight excluding hydrogens is 359 g/mol. The zero-order valence-electron chi connectivity index (χ0n) is 15.8. The standard InChI is InChI=1S/C22H23FN2O3/c1-27-17-8-7-16(18(23)11-17)13-24-10-9-22-20(24)12-21(26)25(22)19(14-28-22)15-5-3-2-4-6-15/h2-8,11,19-20H,9-10,12-14H2,1H3/t19-,20+,22-/m0/s1. The van der Waals surface area contributed by atoms with Gasteiger partial charge < -0.3 is 14.4 Å². The van der Waals surface area contributed by atoms with Crippen LogP contribution in [0, 0.1) is 5.82 Å². The fourth-order valence-electron chi connectivity index (χ4n) is 5.04. The Morgan fingerprint density at radius 2 is 2.07 bits per heavy atom. The third-order valence-electron chi connectivity index (χ3n) is 6.38. The van der Waals surface area contributed by atoms with Crippen LogP contribution in [0.4, 0.5) is 4.39 Å².